The molecule has 0 radical (unpaired) electrons. The van der Waals surface area contributed by atoms with Crippen molar-refractivity contribution in [3.63, 3.8) is 0 Å². The predicted octanol–water partition coefficient (Wildman–Crippen LogP) is 2.49. The molecule has 0 fully saturated rings. The summed E-state index contributed by atoms with van der Waals surface area (Å²) in [4.78, 5) is 6.49. The van der Waals surface area contributed by atoms with Crippen LogP contribution in [-0.4, -0.2) is 37.2 Å². The average Bonchev–Trinajstić information content (AvgIpc) is 2.92. The Morgan fingerprint density at radius 2 is 2.22 bits per heavy atom. The third kappa shape index (κ3) is 3.13. The summed E-state index contributed by atoms with van der Waals surface area (Å²) in [6.45, 7) is 5.31. The number of amidine groups is 1. The van der Waals surface area contributed by atoms with E-state index in [0.717, 1.165) is 25.4 Å². The number of aliphatic imine (C=N–C) groups is 1. The zero-order chi connectivity index (χ0) is 12.8. The van der Waals surface area contributed by atoms with Gasteiger partial charge in [-0.05, 0) is 18.4 Å². The lowest BCUT2D eigenvalue weighted by Crippen LogP contribution is -2.38. The summed E-state index contributed by atoms with van der Waals surface area (Å²) >= 11 is 0. The number of nitrogens with zero attached hydrogens (tertiary/aromatic N) is 2. The van der Waals surface area contributed by atoms with E-state index in [1.165, 1.54) is 5.56 Å². The Bertz CT molecular complexity index is 414. The average molecular weight is 244 g/mol. The van der Waals surface area contributed by atoms with Gasteiger partial charge in [-0.2, -0.15) is 0 Å². The minimum atomic E-state index is 0.349. The van der Waals surface area contributed by atoms with Gasteiger partial charge in [0.25, 0.3) is 6.02 Å². The van der Waals surface area contributed by atoms with Crippen LogP contribution in [0.15, 0.2) is 48.0 Å². The number of hydrogen-bond donors (Lipinski definition) is 0. The molecular weight excluding hydrogens is 224 g/mol. The van der Waals surface area contributed by atoms with Crippen molar-refractivity contribution in [3.05, 3.63) is 48.6 Å². The first-order chi connectivity index (χ1) is 8.81. The highest BCUT2D eigenvalue weighted by Gasteiger charge is 2.21. The van der Waals surface area contributed by atoms with Crippen molar-refractivity contribution in [3.8, 4) is 0 Å². The topological polar surface area (TPSA) is 24.8 Å². The van der Waals surface area contributed by atoms with Gasteiger partial charge in [0, 0.05) is 13.1 Å². The molecule has 0 N–H and O–H groups in total. The predicted molar refractivity (Wildman–Crippen MR) is 74.8 cm³/mol. The van der Waals surface area contributed by atoms with Gasteiger partial charge in [0.2, 0.25) is 0 Å². The van der Waals surface area contributed by atoms with Crippen LogP contribution in [0.4, 0.5) is 0 Å². The first-order valence-corrected chi connectivity index (χ1v) is 6.36. The Balaban J connectivity index is 2.05. The molecule has 0 amide bonds. The fourth-order valence-corrected chi connectivity index (χ4v) is 2.15. The smallest absolute Gasteiger partial charge is 0.287 e. The molecule has 0 aromatic heterocycles. The number of ether oxygens (including phenoxy) is 1. The van der Waals surface area contributed by atoms with E-state index in [9.17, 15) is 0 Å². The molecular formula is C15H20N2O. The van der Waals surface area contributed by atoms with E-state index in [2.05, 4.69) is 40.7 Å². The molecule has 0 bridgehead atoms. The lowest BCUT2D eigenvalue weighted by atomic mass is 10.0. The van der Waals surface area contributed by atoms with Crippen LogP contribution in [0.3, 0.4) is 0 Å². The molecule has 1 heterocycles. The lowest BCUT2D eigenvalue weighted by molar-refractivity contribution is 0.246. The fourth-order valence-electron chi connectivity index (χ4n) is 2.15. The first kappa shape index (κ1) is 12.7. The molecule has 0 saturated heterocycles. The van der Waals surface area contributed by atoms with Crippen LogP contribution in [-0.2, 0) is 11.2 Å². The summed E-state index contributed by atoms with van der Waals surface area (Å²) in [7, 11) is 2.04. The monoisotopic (exact) mass is 244 g/mol. The summed E-state index contributed by atoms with van der Waals surface area (Å²) < 4.78 is 5.52. The molecule has 0 unspecified atom stereocenters. The van der Waals surface area contributed by atoms with Gasteiger partial charge in [-0.15, -0.1) is 6.58 Å². The van der Waals surface area contributed by atoms with Crippen LogP contribution in [0.25, 0.3) is 0 Å². The highest BCUT2D eigenvalue weighted by molar-refractivity contribution is 5.75. The first-order valence-electron chi connectivity index (χ1n) is 6.36. The summed E-state index contributed by atoms with van der Waals surface area (Å²) in [6.07, 6.45) is 3.86. The van der Waals surface area contributed by atoms with Crippen LogP contribution in [0.2, 0.25) is 0 Å². The summed E-state index contributed by atoms with van der Waals surface area (Å²) in [5.41, 5.74) is 1.33. The van der Waals surface area contributed by atoms with Gasteiger partial charge in [-0.25, -0.2) is 4.99 Å². The molecule has 1 aromatic rings. The zero-order valence-electron chi connectivity index (χ0n) is 10.9. The van der Waals surface area contributed by atoms with Crippen molar-refractivity contribution < 1.29 is 4.74 Å². The van der Waals surface area contributed by atoms with Crippen LogP contribution in [0.5, 0.6) is 0 Å². The van der Waals surface area contributed by atoms with Crippen molar-refractivity contribution in [1.29, 1.82) is 0 Å². The van der Waals surface area contributed by atoms with Gasteiger partial charge < -0.3 is 9.64 Å². The molecule has 0 saturated carbocycles. The standard InChI is InChI=1S/C15H20N2O/c1-3-7-14(12-13-8-5-4-6-9-13)17(2)15-16-10-11-18-15/h3-6,8-9,14H,1,7,10-12H2,2H3/t14-/m0/s1. The Kier molecular flexibility index (Phi) is 4.40. The number of hydrogen-bond acceptors (Lipinski definition) is 3. The third-order valence-electron chi connectivity index (χ3n) is 3.17. The third-order valence-corrected chi connectivity index (χ3v) is 3.17. The molecule has 2 rings (SSSR count). The van der Waals surface area contributed by atoms with Crippen LogP contribution < -0.4 is 0 Å². The highest BCUT2D eigenvalue weighted by atomic mass is 16.5. The molecule has 96 valence electrons. The summed E-state index contributed by atoms with van der Waals surface area (Å²) in [6, 6.07) is 11.6. The van der Waals surface area contributed by atoms with Crippen LogP contribution >= 0.6 is 0 Å². The summed E-state index contributed by atoms with van der Waals surface area (Å²) in [5.74, 6) is 0. The molecule has 0 aliphatic carbocycles. The maximum atomic E-state index is 5.52. The van der Waals surface area contributed by atoms with Crippen LogP contribution in [0.1, 0.15) is 12.0 Å². The second-order valence-corrected chi connectivity index (χ2v) is 4.49. The maximum absolute atomic E-state index is 5.52. The van der Waals surface area contributed by atoms with Crippen molar-refractivity contribution >= 4 is 6.02 Å². The van der Waals surface area contributed by atoms with Gasteiger partial charge in [-0.3, -0.25) is 0 Å². The second-order valence-electron chi connectivity index (χ2n) is 4.49. The van der Waals surface area contributed by atoms with Crippen molar-refractivity contribution in [2.24, 2.45) is 4.99 Å². The Labute approximate surface area is 109 Å². The normalized spacial score (nSPS) is 15.7. The van der Waals surface area contributed by atoms with Gasteiger partial charge in [0.1, 0.15) is 6.61 Å². The molecule has 1 atom stereocenters. The van der Waals surface area contributed by atoms with Crippen molar-refractivity contribution in [2.45, 2.75) is 18.9 Å². The number of rotatable bonds is 5. The zero-order valence-corrected chi connectivity index (χ0v) is 10.9. The number of benzene rings is 1. The SMILES string of the molecule is C=CC[C@@H](Cc1ccccc1)N(C)C1=NCCO1. The van der Waals surface area contributed by atoms with E-state index < -0.39 is 0 Å². The minimum absolute atomic E-state index is 0.349. The van der Waals surface area contributed by atoms with E-state index in [1.54, 1.807) is 0 Å². The fraction of sp³-hybridized carbons (Fsp3) is 0.400. The van der Waals surface area contributed by atoms with Crippen molar-refractivity contribution in [2.75, 3.05) is 20.2 Å². The summed E-state index contributed by atoms with van der Waals surface area (Å²) in [5, 5.41) is 0. The van der Waals surface area contributed by atoms with Crippen molar-refractivity contribution in [1.82, 2.24) is 4.90 Å². The van der Waals surface area contributed by atoms with E-state index in [-0.39, 0.29) is 0 Å². The van der Waals surface area contributed by atoms with E-state index in [1.807, 2.05) is 19.2 Å². The molecule has 0 spiro atoms. The largest absolute Gasteiger partial charge is 0.463 e. The molecule has 18 heavy (non-hydrogen) atoms. The second kappa shape index (κ2) is 6.24. The van der Waals surface area contributed by atoms with E-state index in [0.29, 0.717) is 12.6 Å². The van der Waals surface area contributed by atoms with Gasteiger partial charge in [0.05, 0.1) is 6.54 Å². The van der Waals surface area contributed by atoms with Gasteiger partial charge in [0.15, 0.2) is 0 Å². The van der Waals surface area contributed by atoms with Crippen LogP contribution in [0, 0.1) is 0 Å². The van der Waals surface area contributed by atoms with E-state index >= 15 is 0 Å². The van der Waals surface area contributed by atoms with Gasteiger partial charge >= 0.3 is 0 Å². The molecule has 1 aliphatic rings. The molecule has 1 aliphatic heterocycles. The maximum Gasteiger partial charge on any atom is 0.287 e. The quantitative estimate of drug-likeness (QED) is 0.743. The lowest BCUT2D eigenvalue weighted by Gasteiger charge is -2.28. The number of likely N-dealkylation sites (N-methyl/N-ethyl adjacent to an activating group) is 1. The molecule has 3 heteroatoms. The molecule has 3 nitrogen and oxygen atoms in total. The molecule has 1 aromatic carbocycles. The van der Waals surface area contributed by atoms with E-state index in [4.69, 9.17) is 4.74 Å². The highest BCUT2D eigenvalue weighted by Crippen LogP contribution is 2.14. The Hall–Kier alpha value is -1.77. The Morgan fingerprint density at radius 3 is 2.83 bits per heavy atom. The Morgan fingerprint density at radius 1 is 1.44 bits per heavy atom. The minimum Gasteiger partial charge on any atom is -0.463 e. The van der Waals surface area contributed by atoms with Gasteiger partial charge in [-0.1, -0.05) is 36.4 Å².